The molecular weight excluding hydrogens is 234 g/mol. The zero-order chi connectivity index (χ0) is 12.3. The standard InChI is InChI=1S/C8H7F4NO3/c1-15-7-5(14)2-6(4(3-9)13-7)16-8(10,11)12/h2,14H,3H2,1H3. The van der Waals surface area contributed by atoms with Crippen molar-refractivity contribution in [1.82, 2.24) is 4.98 Å². The number of hydrogen-bond acceptors (Lipinski definition) is 4. The minimum absolute atomic E-state index is 0.373. The molecule has 4 nitrogen and oxygen atoms in total. The fourth-order valence-electron chi connectivity index (χ4n) is 0.963. The summed E-state index contributed by atoms with van der Waals surface area (Å²) in [6, 6.07) is 0.592. The molecule has 0 amide bonds. The molecule has 1 N–H and O–H groups in total. The quantitative estimate of drug-likeness (QED) is 0.824. The van der Waals surface area contributed by atoms with Crippen molar-refractivity contribution in [1.29, 1.82) is 0 Å². The number of alkyl halides is 4. The van der Waals surface area contributed by atoms with Crippen molar-refractivity contribution in [2.45, 2.75) is 13.0 Å². The van der Waals surface area contributed by atoms with Crippen molar-refractivity contribution in [3.8, 4) is 17.4 Å². The van der Waals surface area contributed by atoms with Crippen LogP contribution in [0.4, 0.5) is 17.6 Å². The molecule has 1 rings (SSSR count). The van der Waals surface area contributed by atoms with E-state index in [2.05, 4.69) is 14.5 Å². The van der Waals surface area contributed by atoms with Crippen LogP contribution in [0.15, 0.2) is 6.07 Å². The molecule has 0 aliphatic carbocycles. The first kappa shape index (κ1) is 12.3. The van der Waals surface area contributed by atoms with Crippen molar-refractivity contribution in [3.05, 3.63) is 11.8 Å². The lowest BCUT2D eigenvalue weighted by molar-refractivity contribution is -0.275. The van der Waals surface area contributed by atoms with E-state index in [0.717, 1.165) is 7.11 Å². The maximum atomic E-state index is 12.4. The van der Waals surface area contributed by atoms with Gasteiger partial charge in [-0.2, -0.15) is 0 Å². The zero-order valence-corrected chi connectivity index (χ0v) is 8.01. The van der Waals surface area contributed by atoms with Crippen molar-refractivity contribution in [2.75, 3.05) is 7.11 Å². The summed E-state index contributed by atoms with van der Waals surface area (Å²) in [5, 5.41) is 9.15. The molecule has 1 aromatic rings. The van der Waals surface area contributed by atoms with Gasteiger partial charge in [0.2, 0.25) is 0 Å². The molecule has 1 heterocycles. The molecule has 0 saturated heterocycles. The first-order valence-corrected chi connectivity index (χ1v) is 3.96. The highest BCUT2D eigenvalue weighted by Crippen LogP contribution is 2.33. The zero-order valence-electron chi connectivity index (χ0n) is 8.01. The van der Waals surface area contributed by atoms with Crippen LogP contribution in [0.1, 0.15) is 5.69 Å². The highest BCUT2D eigenvalue weighted by atomic mass is 19.4. The fourth-order valence-corrected chi connectivity index (χ4v) is 0.963. The Balaban J connectivity index is 3.13. The summed E-state index contributed by atoms with van der Waals surface area (Å²) >= 11 is 0. The molecule has 0 bridgehead atoms. The minimum Gasteiger partial charge on any atom is -0.503 e. The Morgan fingerprint density at radius 3 is 2.50 bits per heavy atom. The summed E-state index contributed by atoms with van der Waals surface area (Å²) in [6.45, 7) is -1.28. The van der Waals surface area contributed by atoms with Gasteiger partial charge in [0, 0.05) is 6.07 Å². The largest absolute Gasteiger partial charge is 0.573 e. The van der Waals surface area contributed by atoms with Gasteiger partial charge in [-0.1, -0.05) is 0 Å². The van der Waals surface area contributed by atoms with E-state index in [1.807, 2.05) is 0 Å². The average Bonchev–Trinajstić information content (AvgIpc) is 2.16. The van der Waals surface area contributed by atoms with E-state index in [1.54, 1.807) is 0 Å². The highest BCUT2D eigenvalue weighted by molar-refractivity contribution is 5.42. The Labute approximate surface area is 87.4 Å². The summed E-state index contributed by atoms with van der Waals surface area (Å²) in [5.41, 5.74) is -0.605. The van der Waals surface area contributed by atoms with E-state index in [-0.39, 0.29) is 5.88 Å². The number of nitrogens with zero attached hydrogens (tertiary/aromatic N) is 1. The highest BCUT2D eigenvalue weighted by Gasteiger charge is 2.33. The van der Waals surface area contributed by atoms with E-state index in [0.29, 0.717) is 6.07 Å². The minimum atomic E-state index is -4.98. The maximum Gasteiger partial charge on any atom is 0.573 e. The molecule has 0 aliphatic rings. The fraction of sp³-hybridized carbons (Fsp3) is 0.375. The molecule has 0 aromatic carbocycles. The van der Waals surface area contributed by atoms with Crippen LogP contribution in [0.5, 0.6) is 17.4 Å². The first-order chi connectivity index (χ1) is 7.37. The lowest BCUT2D eigenvalue weighted by Gasteiger charge is -2.12. The van der Waals surface area contributed by atoms with Crippen molar-refractivity contribution in [3.63, 3.8) is 0 Å². The van der Waals surface area contributed by atoms with E-state index in [1.165, 1.54) is 0 Å². The smallest absolute Gasteiger partial charge is 0.503 e. The summed E-state index contributed by atoms with van der Waals surface area (Å²) in [7, 11) is 1.13. The van der Waals surface area contributed by atoms with Crippen LogP contribution in [-0.4, -0.2) is 23.6 Å². The lowest BCUT2D eigenvalue weighted by Crippen LogP contribution is -2.18. The second kappa shape index (κ2) is 4.42. The normalized spacial score (nSPS) is 11.3. The van der Waals surface area contributed by atoms with Gasteiger partial charge in [-0.15, -0.1) is 13.2 Å². The number of pyridine rings is 1. The Morgan fingerprint density at radius 1 is 1.44 bits per heavy atom. The van der Waals surface area contributed by atoms with Gasteiger partial charge in [0.05, 0.1) is 7.11 Å². The topological polar surface area (TPSA) is 51.6 Å². The van der Waals surface area contributed by atoms with Crippen LogP contribution in [0.25, 0.3) is 0 Å². The lowest BCUT2D eigenvalue weighted by atomic mass is 10.3. The van der Waals surface area contributed by atoms with Gasteiger partial charge in [0.1, 0.15) is 12.4 Å². The van der Waals surface area contributed by atoms with E-state index in [9.17, 15) is 17.6 Å². The van der Waals surface area contributed by atoms with Gasteiger partial charge < -0.3 is 14.6 Å². The molecule has 8 heteroatoms. The third kappa shape index (κ3) is 2.88. The molecular formula is C8H7F4NO3. The number of halogens is 4. The van der Waals surface area contributed by atoms with Crippen molar-refractivity contribution >= 4 is 0 Å². The summed E-state index contributed by atoms with van der Waals surface area (Å²) < 4.78 is 56.0. The molecule has 16 heavy (non-hydrogen) atoms. The van der Waals surface area contributed by atoms with Gasteiger partial charge in [-0.25, -0.2) is 9.37 Å². The molecule has 0 fully saturated rings. The number of methoxy groups -OCH3 is 1. The Kier molecular flexibility index (Phi) is 3.41. The molecule has 0 saturated carbocycles. The van der Waals surface area contributed by atoms with Crippen LogP contribution in [0.2, 0.25) is 0 Å². The van der Waals surface area contributed by atoms with Crippen LogP contribution in [0, 0.1) is 0 Å². The third-order valence-electron chi connectivity index (χ3n) is 1.55. The second-order valence-electron chi connectivity index (χ2n) is 2.64. The molecule has 0 aliphatic heterocycles. The molecule has 0 radical (unpaired) electrons. The number of ether oxygens (including phenoxy) is 2. The monoisotopic (exact) mass is 241 g/mol. The van der Waals surface area contributed by atoms with Gasteiger partial charge in [-0.3, -0.25) is 0 Å². The number of aromatic hydroxyl groups is 1. The summed E-state index contributed by atoms with van der Waals surface area (Å²) in [6.07, 6.45) is -4.98. The van der Waals surface area contributed by atoms with E-state index >= 15 is 0 Å². The second-order valence-corrected chi connectivity index (χ2v) is 2.64. The van der Waals surface area contributed by atoms with Gasteiger partial charge in [-0.05, 0) is 0 Å². The Hall–Kier alpha value is -1.73. The van der Waals surface area contributed by atoms with Crippen LogP contribution >= 0.6 is 0 Å². The SMILES string of the molecule is COc1nc(CF)c(OC(F)(F)F)cc1O. The number of hydrogen-bond donors (Lipinski definition) is 1. The van der Waals surface area contributed by atoms with Gasteiger partial charge in [0.25, 0.3) is 5.88 Å². The Bertz CT molecular complexity index is 380. The number of rotatable bonds is 3. The Morgan fingerprint density at radius 2 is 2.06 bits per heavy atom. The molecule has 90 valence electrons. The van der Waals surface area contributed by atoms with Crippen LogP contribution in [-0.2, 0) is 6.67 Å². The third-order valence-corrected chi connectivity index (χ3v) is 1.55. The summed E-state index contributed by atoms with van der Waals surface area (Å²) in [4.78, 5) is 3.32. The van der Waals surface area contributed by atoms with Crippen molar-refractivity contribution in [2.24, 2.45) is 0 Å². The maximum absolute atomic E-state index is 12.4. The molecule has 0 atom stereocenters. The molecule has 1 aromatic heterocycles. The average molecular weight is 241 g/mol. The molecule has 0 spiro atoms. The van der Waals surface area contributed by atoms with Crippen molar-refractivity contribution < 1.29 is 32.1 Å². The first-order valence-electron chi connectivity index (χ1n) is 3.96. The van der Waals surface area contributed by atoms with Crippen LogP contribution < -0.4 is 9.47 Å². The number of aromatic nitrogens is 1. The van der Waals surface area contributed by atoms with Gasteiger partial charge >= 0.3 is 6.36 Å². The predicted octanol–water partition coefficient (Wildman–Crippen LogP) is 2.16. The van der Waals surface area contributed by atoms with Crippen LogP contribution in [0.3, 0.4) is 0 Å². The predicted molar refractivity (Wildman–Crippen MR) is 43.9 cm³/mol. The molecule has 0 unspecified atom stereocenters. The van der Waals surface area contributed by atoms with Gasteiger partial charge in [0.15, 0.2) is 11.5 Å². The van der Waals surface area contributed by atoms with E-state index in [4.69, 9.17) is 5.11 Å². The summed E-state index contributed by atoms with van der Waals surface area (Å²) in [5.74, 6) is -1.94. The van der Waals surface area contributed by atoms with E-state index < -0.39 is 30.2 Å².